The number of aromatic nitrogens is 2. The first kappa shape index (κ1) is 19.1. The predicted molar refractivity (Wildman–Crippen MR) is 106 cm³/mol. The Morgan fingerprint density at radius 3 is 2.52 bits per heavy atom. The smallest absolute Gasteiger partial charge is 0.243 e. The van der Waals surface area contributed by atoms with Crippen LogP contribution in [-0.4, -0.2) is 15.7 Å². The van der Waals surface area contributed by atoms with E-state index in [-0.39, 0.29) is 0 Å². The maximum absolute atomic E-state index is 4.58. The summed E-state index contributed by atoms with van der Waals surface area (Å²) in [6.07, 6.45) is 3.98. The second-order valence-electron chi connectivity index (χ2n) is 6.84. The van der Waals surface area contributed by atoms with E-state index in [1.165, 1.54) is 11.1 Å². The van der Waals surface area contributed by atoms with Crippen LogP contribution in [0.4, 0.5) is 5.95 Å². The molecule has 4 heteroatoms. The van der Waals surface area contributed by atoms with Crippen molar-refractivity contribution in [1.82, 2.24) is 9.97 Å². The third-order valence-corrected chi connectivity index (χ3v) is 4.06. The minimum Gasteiger partial charge on any atom is -0.245 e. The fourth-order valence-electron chi connectivity index (χ4n) is 2.85. The molecule has 0 bridgehead atoms. The van der Waals surface area contributed by atoms with Gasteiger partial charge in [-0.1, -0.05) is 58.4 Å². The molecule has 0 amide bonds. The van der Waals surface area contributed by atoms with E-state index in [1.807, 2.05) is 6.92 Å². The number of anilines is 1. The Morgan fingerprint density at radius 1 is 1.12 bits per heavy atom. The first-order valence-electron chi connectivity index (χ1n) is 9.28. The molecule has 0 unspecified atom stereocenters. The predicted octanol–water partition coefficient (Wildman–Crippen LogP) is 5.03. The van der Waals surface area contributed by atoms with E-state index >= 15 is 0 Å². The minimum atomic E-state index is 0.587. The van der Waals surface area contributed by atoms with Crippen molar-refractivity contribution in [3.8, 4) is 0 Å². The monoisotopic (exact) mass is 338 g/mol. The van der Waals surface area contributed by atoms with Gasteiger partial charge in [0.2, 0.25) is 5.95 Å². The fourth-order valence-corrected chi connectivity index (χ4v) is 2.85. The molecule has 0 atom stereocenters. The molecule has 0 saturated heterocycles. The van der Waals surface area contributed by atoms with Crippen LogP contribution in [0.25, 0.3) is 0 Å². The van der Waals surface area contributed by atoms with Crippen LogP contribution >= 0.6 is 0 Å². The fraction of sp³-hybridized carbons (Fsp3) is 0.476. The molecule has 1 heterocycles. The summed E-state index contributed by atoms with van der Waals surface area (Å²) in [5, 5.41) is 4.55. The van der Waals surface area contributed by atoms with Crippen LogP contribution in [0.1, 0.15) is 63.6 Å². The molecule has 0 aliphatic rings. The van der Waals surface area contributed by atoms with Crippen molar-refractivity contribution >= 4 is 11.7 Å². The van der Waals surface area contributed by atoms with Gasteiger partial charge in [-0.3, -0.25) is 0 Å². The van der Waals surface area contributed by atoms with Crippen molar-refractivity contribution in [2.45, 2.75) is 60.3 Å². The standard InChI is InChI=1S/C21H30N4/c1-6-10-19-14-18(7-2)22-21(23-19)25-24-16(5)20-12-9-8-11-17(20)13-15(3)4/h8-9,11-12,14-15H,6-7,10,13H2,1-5H3,(H,22,23,25). The average Bonchev–Trinajstić information content (AvgIpc) is 2.59. The summed E-state index contributed by atoms with van der Waals surface area (Å²) >= 11 is 0. The molecule has 1 N–H and O–H groups in total. The lowest BCUT2D eigenvalue weighted by Crippen LogP contribution is -2.08. The lowest BCUT2D eigenvalue weighted by Gasteiger charge is -2.12. The Hall–Kier alpha value is -2.23. The van der Waals surface area contributed by atoms with Crippen LogP contribution < -0.4 is 5.43 Å². The van der Waals surface area contributed by atoms with E-state index < -0.39 is 0 Å². The number of benzene rings is 1. The Morgan fingerprint density at radius 2 is 1.84 bits per heavy atom. The molecular formula is C21H30N4. The van der Waals surface area contributed by atoms with Crippen LogP contribution in [0.15, 0.2) is 35.4 Å². The third kappa shape index (κ3) is 5.66. The van der Waals surface area contributed by atoms with E-state index in [4.69, 9.17) is 0 Å². The van der Waals surface area contributed by atoms with E-state index in [1.54, 1.807) is 0 Å². The molecule has 0 fully saturated rings. The quantitative estimate of drug-likeness (QED) is 0.543. The summed E-state index contributed by atoms with van der Waals surface area (Å²) in [6, 6.07) is 10.5. The molecule has 1 aromatic carbocycles. The molecule has 4 nitrogen and oxygen atoms in total. The number of hydrogen-bond donors (Lipinski definition) is 1. The highest BCUT2D eigenvalue weighted by molar-refractivity contribution is 6.00. The summed E-state index contributed by atoms with van der Waals surface area (Å²) in [4.78, 5) is 9.12. The van der Waals surface area contributed by atoms with Gasteiger partial charge < -0.3 is 0 Å². The summed E-state index contributed by atoms with van der Waals surface area (Å²) in [6.45, 7) is 10.8. The van der Waals surface area contributed by atoms with Crippen LogP contribution in [-0.2, 0) is 19.3 Å². The number of nitrogens with one attached hydrogen (secondary N) is 1. The van der Waals surface area contributed by atoms with Crippen molar-refractivity contribution in [2.75, 3.05) is 5.43 Å². The van der Waals surface area contributed by atoms with Gasteiger partial charge in [-0.2, -0.15) is 5.10 Å². The SMILES string of the molecule is CCCc1cc(CC)nc(NN=C(C)c2ccccc2CC(C)C)n1. The molecule has 0 saturated carbocycles. The van der Waals surface area contributed by atoms with E-state index in [2.05, 4.69) is 78.5 Å². The maximum atomic E-state index is 4.58. The number of aryl methyl sites for hydroxylation is 2. The molecular weight excluding hydrogens is 308 g/mol. The van der Waals surface area contributed by atoms with Crippen molar-refractivity contribution in [3.63, 3.8) is 0 Å². The van der Waals surface area contributed by atoms with Gasteiger partial charge in [0.25, 0.3) is 0 Å². The van der Waals surface area contributed by atoms with Gasteiger partial charge in [0.05, 0.1) is 5.71 Å². The zero-order valence-electron chi connectivity index (χ0n) is 16.1. The van der Waals surface area contributed by atoms with Crippen molar-refractivity contribution in [3.05, 3.63) is 52.8 Å². The lowest BCUT2D eigenvalue weighted by atomic mass is 9.96. The summed E-state index contributed by atoms with van der Waals surface area (Å²) in [5.74, 6) is 1.20. The van der Waals surface area contributed by atoms with E-state index in [9.17, 15) is 0 Å². The average molecular weight is 338 g/mol. The summed E-state index contributed by atoms with van der Waals surface area (Å²) in [7, 11) is 0. The Balaban J connectivity index is 2.23. The Bertz CT molecular complexity index is 720. The van der Waals surface area contributed by atoms with Gasteiger partial charge >= 0.3 is 0 Å². The van der Waals surface area contributed by atoms with Crippen molar-refractivity contribution in [1.29, 1.82) is 0 Å². The topological polar surface area (TPSA) is 50.2 Å². The molecule has 0 aliphatic heterocycles. The Kier molecular flexibility index (Phi) is 7.11. The zero-order chi connectivity index (χ0) is 18.2. The van der Waals surface area contributed by atoms with Gasteiger partial charge in [-0.25, -0.2) is 15.4 Å². The first-order chi connectivity index (χ1) is 12.0. The second kappa shape index (κ2) is 9.30. The van der Waals surface area contributed by atoms with Gasteiger partial charge in [0, 0.05) is 17.0 Å². The van der Waals surface area contributed by atoms with Gasteiger partial charge in [0.1, 0.15) is 0 Å². The van der Waals surface area contributed by atoms with Crippen LogP contribution in [0, 0.1) is 5.92 Å². The highest BCUT2D eigenvalue weighted by atomic mass is 15.4. The number of rotatable bonds is 8. The molecule has 2 aromatic rings. The Labute approximate surface area is 151 Å². The van der Waals surface area contributed by atoms with Crippen molar-refractivity contribution in [2.24, 2.45) is 11.0 Å². The van der Waals surface area contributed by atoms with Crippen LogP contribution in [0.5, 0.6) is 0 Å². The molecule has 25 heavy (non-hydrogen) atoms. The normalized spacial score (nSPS) is 11.8. The van der Waals surface area contributed by atoms with Gasteiger partial charge in [-0.15, -0.1) is 0 Å². The van der Waals surface area contributed by atoms with Gasteiger partial charge in [0.15, 0.2) is 0 Å². The number of nitrogens with zero attached hydrogens (tertiary/aromatic N) is 3. The van der Waals surface area contributed by atoms with Crippen LogP contribution in [0.3, 0.4) is 0 Å². The minimum absolute atomic E-state index is 0.587. The third-order valence-electron chi connectivity index (χ3n) is 4.06. The second-order valence-corrected chi connectivity index (χ2v) is 6.84. The maximum Gasteiger partial charge on any atom is 0.243 e. The molecule has 2 rings (SSSR count). The van der Waals surface area contributed by atoms with Crippen LogP contribution in [0.2, 0.25) is 0 Å². The largest absolute Gasteiger partial charge is 0.245 e. The first-order valence-corrected chi connectivity index (χ1v) is 9.28. The highest BCUT2D eigenvalue weighted by Gasteiger charge is 2.08. The molecule has 0 aliphatic carbocycles. The number of hydrazone groups is 1. The molecule has 0 radical (unpaired) electrons. The highest BCUT2D eigenvalue weighted by Crippen LogP contribution is 2.15. The number of hydrogen-bond acceptors (Lipinski definition) is 4. The molecule has 134 valence electrons. The van der Waals surface area contributed by atoms with E-state index in [0.29, 0.717) is 11.9 Å². The van der Waals surface area contributed by atoms with E-state index in [0.717, 1.165) is 42.8 Å². The molecule has 1 aromatic heterocycles. The summed E-state index contributed by atoms with van der Waals surface area (Å²) in [5.41, 5.74) is 8.66. The zero-order valence-corrected chi connectivity index (χ0v) is 16.1. The summed E-state index contributed by atoms with van der Waals surface area (Å²) < 4.78 is 0. The molecule has 0 spiro atoms. The van der Waals surface area contributed by atoms with Crippen molar-refractivity contribution < 1.29 is 0 Å². The lowest BCUT2D eigenvalue weighted by molar-refractivity contribution is 0.646. The van der Waals surface area contributed by atoms with Gasteiger partial charge in [-0.05, 0) is 43.7 Å².